The summed E-state index contributed by atoms with van der Waals surface area (Å²) in [5.74, 6) is -0.849. The molecular formula is C18H15Cl2N3O3S. The molecule has 9 heteroatoms. The number of nitrogens with zero attached hydrogens (tertiary/aromatic N) is 2. The van der Waals surface area contributed by atoms with Crippen LogP contribution in [0.25, 0.3) is 5.69 Å². The maximum Gasteiger partial charge on any atom is 0.270 e. The smallest absolute Gasteiger partial charge is 0.268 e. The van der Waals surface area contributed by atoms with Gasteiger partial charge in [-0.1, -0.05) is 40.9 Å². The number of amides is 1. The van der Waals surface area contributed by atoms with Gasteiger partial charge in [0.1, 0.15) is 10.7 Å². The fraction of sp³-hybridized carbons (Fsp3) is 0.111. The number of carbonyl (C=O) groups is 1. The Bertz CT molecular complexity index is 1110. The highest BCUT2D eigenvalue weighted by Crippen LogP contribution is 2.25. The highest BCUT2D eigenvalue weighted by molar-refractivity contribution is 7.90. The molecule has 0 aliphatic heterocycles. The molecule has 1 N–H and O–H groups in total. The Morgan fingerprint density at radius 1 is 1.00 bits per heavy atom. The van der Waals surface area contributed by atoms with E-state index in [0.29, 0.717) is 16.4 Å². The summed E-state index contributed by atoms with van der Waals surface area (Å²) in [7, 11) is -4.03. The lowest BCUT2D eigenvalue weighted by atomic mass is 10.2. The van der Waals surface area contributed by atoms with Crippen LogP contribution in [-0.4, -0.2) is 24.1 Å². The molecule has 1 amide bonds. The molecule has 6 nitrogen and oxygen atoms in total. The van der Waals surface area contributed by atoms with Crippen LogP contribution >= 0.6 is 23.2 Å². The monoisotopic (exact) mass is 423 g/mol. The highest BCUT2D eigenvalue weighted by atomic mass is 35.5. The molecule has 2 aromatic carbocycles. The molecule has 0 aliphatic carbocycles. The molecule has 0 radical (unpaired) electrons. The quantitative estimate of drug-likeness (QED) is 0.689. The molecule has 27 heavy (non-hydrogen) atoms. The van der Waals surface area contributed by atoms with Crippen LogP contribution in [0.4, 0.5) is 0 Å². The SMILES string of the molecule is Cc1ccc(S(=O)(=O)NC(=O)c2c(C)nn(-c3ccc(Cl)cc3)c2Cl)cc1. The van der Waals surface area contributed by atoms with Gasteiger partial charge in [0, 0.05) is 5.02 Å². The second kappa shape index (κ2) is 7.34. The van der Waals surface area contributed by atoms with E-state index in [4.69, 9.17) is 23.2 Å². The van der Waals surface area contributed by atoms with Gasteiger partial charge in [-0.05, 0) is 50.2 Å². The molecule has 1 heterocycles. The summed E-state index contributed by atoms with van der Waals surface area (Å²) >= 11 is 12.2. The predicted molar refractivity (Wildman–Crippen MR) is 104 cm³/mol. The highest BCUT2D eigenvalue weighted by Gasteiger charge is 2.25. The molecule has 3 aromatic rings. The van der Waals surface area contributed by atoms with E-state index in [-0.39, 0.29) is 15.6 Å². The van der Waals surface area contributed by atoms with Gasteiger partial charge >= 0.3 is 0 Å². The van der Waals surface area contributed by atoms with E-state index in [0.717, 1.165) is 5.56 Å². The van der Waals surface area contributed by atoms with Crippen LogP contribution < -0.4 is 4.72 Å². The Kier molecular flexibility index (Phi) is 5.28. The number of hydrogen-bond acceptors (Lipinski definition) is 4. The minimum Gasteiger partial charge on any atom is -0.268 e. The molecule has 1 aromatic heterocycles. The van der Waals surface area contributed by atoms with Crippen molar-refractivity contribution in [2.24, 2.45) is 0 Å². The molecule has 0 spiro atoms. The third-order valence-corrected chi connectivity index (χ3v) is 5.81. The van der Waals surface area contributed by atoms with Crippen LogP contribution in [0.3, 0.4) is 0 Å². The minimum atomic E-state index is -4.03. The van der Waals surface area contributed by atoms with E-state index in [9.17, 15) is 13.2 Å². The van der Waals surface area contributed by atoms with Crippen molar-refractivity contribution in [1.82, 2.24) is 14.5 Å². The molecule has 0 atom stereocenters. The van der Waals surface area contributed by atoms with Crippen molar-refractivity contribution in [3.63, 3.8) is 0 Å². The summed E-state index contributed by atoms with van der Waals surface area (Å²) in [6, 6.07) is 12.8. The summed E-state index contributed by atoms with van der Waals surface area (Å²) in [6.45, 7) is 3.41. The van der Waals surface area contributed by atoms with E-state index in [1.165, 1.54) is 16.8 Å². The third kappa shape index (κ3) is 4.00. The molecule has 0 saturated carbocycles. The second-order valence-corrected chi connectivity index (χ2v) is 8.36. The summed E-state index contributed by atoms with van der Waals surface area (Å²) in [4.78, 5) is 12.6. The first kappa shape index (κ1) is 19.4. The average molecular weight is 424 g/mol. The molecule has 0 bridgehead atoms. The average Bonchev–Trinajstić information content (AvgIpc) is 2.90. The van der Waals surface area contributed by atoms with Crippen molar-refractivity contribution in [3.8, 4) is 5.69 Å². The second-order valence-electron chi connectivity index (χ2n) is 5.89. The summed E-state index contributed by atoms with van der Waals surface area (Å²) < 4.78 is 28.3. The maximum absolute atomic E-state index is 12.6. The van der Waals surface area contributed by atoms with Gasteiger partial charge in [-0.2, -0.15) is 5.10 Å². The first-order chi connectivity index (χ1) is 12.7. The zero-order valence-electron chi connectivity index (χ0n) is 14.4. The molecule has 0 saturated heterocycles. The standard InChI is InChI=1S/C18H15Cl2N3O3S/c1-11-3-9-15(10-4-11)27(25,26)22-18(24)16-12(2)21-23(17(16)20)14-7-5-13(19)6-8-14/h3-10H,1-2H3,(H,22,24). The molecule has 3 rings (SSSR count). The molecule has 0 fully saturated rings. The summed E-state index contributed by atoms with van der Waals surface area (Å²) in [5.41, 5.74) is 1.78. The normalized spacial score (nSPS) is 11.4. The first-order valence-electron chi connectivity index (χ1n) is 7.84. The van der Waals surface area contributed by atoms with Crippen molar-refractivity contribution in [2.45, 2.75) is 18.7 Å². The van der Waals surface area contributed by atoms with Gasteiger partial charge in [-0.25, -0.2) is 17.8 Å². The number of nitrogens with one attached hydrogen (secondary N) is 1. The Labute approximate surface area is 166 Å². The minimum absolute atomic E-state index is 0.00595. The van der Waals surface area contributed by atoms with Crippen LogP contribution in [0.2, 0.25) is 10.2 Å². The van der Waals surface area contributed by atoms with Crippen LogP contribution in [0.15, 0.2) is 53.4 Å². The van der Waals surface area contributed by atoms with Gasteiger partial charge in [0.2, 0.25) is 0 Å². The van der Waals surface area contributed by atoms with E-state index >= 15 is 0 Å². The van der Waals surface area contributed by atoms with Crippen molar-refractivity contribution in [2.75, 3.05) is 0 Å². The van der Waals surface area contributed by atoms with E-state index < -0.39 is 15.9 Å². The molecule has 0 aliphatic rings. The number of benzene rings is 2. The van der Waals surface area contributed by atoms with Crippen LogP contribution in [0.1, 0.15) is 21.6 Å². The predicted octanol–water partition coefficient (Wildman–Crippen LogP) is 3.91. The van der Waals surface area contributed by atoms with Gasteiger partial charge in [-0.15, -0.1) is 0 Å². The molecule has 140 valence electrons. The van der Waals surface area contributed by atoms with Gasteiger partial charge in [0.25, 0.3) is 15.9 Å². The fourth-order valence-corrected chi connectivity index (χ4v) is 3.90. The molecular weight excluding hydrogens is 409 g/mol. The fourth-order valence-electron chi connectivity index (χ4n) is 2.46. The number of sulfonamides is 1. The number of aryl methyl sites for hydroxylation is 2. The maximum atomic E-state index is 12.6. The van der Waals surface area contributed by atoms with E-state index in [1.54, 1.807) is 43.3 Å². The van der Waals surface area contributed by atoms with Gasteiger partial charge in [0.05, 0.1) is 16.3 Å². The Hall–Kier alpha value is -2.35. The van der Waals surface area contributed by atoms with Crippen LogP contribution in [-0.2, 0) is 10.0 Å². The summed E-state index contributed by atoms with van der Waals surface area (Å²) in [5, 5.41) is 4.78. The zero-order valence-corrected chi connectivity index (χ0v) is 16.7. The number of rotatable bonds is 4. The Morgan fingerprint density at radius 2 is 1.59 bits per heavy atom. The lowest BCUT2D eigenvalue weighted by molar-refractivity contribution is 0.0981. The van der Waals surface area contributed by atoms with Crippen LogP contribution in [0.5, 0.6) is 0 Å². The van der Waals surface area contributed by atoms with Crippen molar-refractivity contribution >= 4 is 39.1 Å². The topological polar surface area (TPSA) is 81.1 Å². The van der Waals surface area contributed by atoms with E-state index in [1.807, 2.05) is 11.6 Å². The largest absolute Gasteiger partial charge is 0.270 e. The van der Waals surface area contributed by atoms with Crippen LogP contribution in [0, 0.1) is 13.8 Å². The Morgan fingerprint density at radius 3 is 2.19 bits per heavy atom. The number of halogens is 2. The lowest BCUT2D eigenvalue weighted by Crippen LogP contribution is -2.31. The third-order valence-electron chi connectivity index (χ3n) is 3.86. The first-order valence-corrected chi connectivity index (χ1v) is 10.1. The number of aromatic nitrogens is 2. The van der Waals surface area contributed by atoms with Crippen molar-refractivity contribution in [1.29, 1.82) is 0 Å². The van der Waals surface area contributed by atoms with Crippen molar-refractivity contribution < 1.29 is 13.2 Å². The van der Waals surface area contributed by atoms with Gasteiger partial charge in [0.15, 0.2) is 0 Å². The van der Waals surface area contributed by atoms with E-state index in [2.05, 4.69) is 5.10 Å². The molecule has 0 unspecified atom stereocenters. The van der Waals surface area contributed by atoms with Gasteiger partial charge < -0.3 is 0 Å². The summed E-state index contributed by atoms with van der Waals surface area (Å²) in [6.07, 6.45) is 0. The van der Waals surface area contributed by atoms with Crippen molar-refractivity contribution in [3.05, 3.63) is 75.5 Å². The lowest BCUT2D eigenvalue weighted by Gasteiger charge is -2.07. The number of carbonyl (C=O) groups excluding carboxylic acids is 1. The Balaban J connectivity index is 1.93. The van der Waals surface area contributed by atoms with Gasteiger partial charge in [-0.3, -0.25) is 4.79 Å². The zero-order chi connectivity index (χ0) is 19.8. The number of hydrogen-bond donors (Lipinski definition) is 1.